The average Bonchev–Trinajstić information content (AvgIpc) is 2.87. The highest BCUT2D eigenvalue weighted by Crippen LogP contribution is 2.24. The number of ether oxygens (including phenoxy) is 1. The minimum atomic E-state index is -1.16. The fourth-order valence-electron chi connectivity index (χ4n) is 2.92. The molecular formula is C19H33N3O3Si. The van der Waals surface area contributed by atoms with Crippen LogP contribution in [0.15, 0.2) is 21.3 Å². The first-order valence-electron chi connectivity index (χ1n) is 9.20. The molecule has 0 fully saturated rings. The maximum Gasteiger partial charge on any atom is 0.421 e. The van der Waals surface area contributed by atoms with Crippen LogP contribution in [0.5, 0.6) is 0 Å². The highest BCUT2D eigenvalue weighted by Gasteiger charge is 2.19. The number of aromatic nitrogens is 1. The van der Waals surface area contributed by atoms with Crippen LogP contribution in [0.4, 0.5) is 0 Å². The normalized spacial score (nSPS) is 13.7. The minimum absolute atomic E-state index is 0.201. The van der Waals surface area contributed by atoms with Crippen LogP contribution in [0.25, 0.3) is 11.1 Å². The molecule has 1 unspecified atom stereocenters. The molecule has 0 aliphatic carbocycles. The Bertz CT molecular complexity index is 790. The molecule has 0 amide bonds. The smallest absolute Gasteiger partial charge is 0.407 e. The molecule has 2 rings (SSSR count). The van der Waals surface area contributed by atoms with Crippen molar-refractivity contribution in [3.8, 4) is 0 Å². The first-order valence-corrected chi connectivity index (χ1v) is 12.9. The highest BCUT2D eigenvalue weighted by atomic mass is 28.3. The van der Waals surface area contributed by atoms with Crippen LogP contribution in [0.1, 0.15) is 11.1 Å². The molecule has 0 radical (unpaired) electrons. The van der Waals surface area contributed by atoms with Crippen LogP contribution in [-0.2, 0) is 17.9 Å². The topological polar surface area (TPSA) is 73.6 Å². The maximum atomic E-state index is 12.4. The number of nitrogens with zero attached hydrogens (tertiary/aromatic N) is 2. The van der Waals surface area contributed by atoms with E-state index in [1.807, 2.05) is 27.1 Å². The van der Waals surface area contributed by atoms with Gasteiger partial charge in [-0.3, -0.25) is 0 Å². The zero-order valence-electron chi connectivity index (χ0n) is 17.0. The fourth-order valence-corrected chi connectivity index (χ4v) is 3.67. The van der Waals surface area contributed by atoms with E-state index in [2.05, 4.69) is 30.6 Å². The second-order valence-electron chi connectivity index (χ2n) is 8.42. The lowest BCUT2D eigenvalue weighted by molar-refractivity contribution is 0.0849. The van der Waals surface area contributed by atoms with Gasteiger partial charge in [0.05, 0.1) is 5.52 Å². The second kappa shape index (κ2) is 8.52. The van der Waals surface area contributed by atoms with E-state index < -0.39 is 8.07 Å². The number of rotatable bonds is 9. The summed E-state index contributed by atoms with van der Waals surface area (Å²) in [5.41, 5.74) is 9.43. The lowest BCUT2D eigenvalue weighted by Crippen LogP contribution is -2.37. The van der Waals surface area contributed by atoms with Gasteiger partial charge in [-0.2, -0.15) is 0 Å². The van der Waals surface area contributed by atoms with Crippen LogP contribution in [0.3, 0.4) is 0 Å². The van der Waals surface area contributed by atoms with Gasteiger partial charge in [-0.05, 0) is 44.6 Å². The summed E-state index contributed by atoms with van der Waals surface area (Å²) in [5.74, 6) is -0.363. The molecule has 0 saturated heterocycles. The first-order chi connectivity index (χ1) is 12.1. The van der Waals surface area contributed by atoms with Gasteiger partial charge in [-0.25, -0.2) is 9.36 Å². The number of aryl methyl sites for hydroxylation is 1. The van der Waals surface area contributed by atoms with Crippen LogP contribution >= 0.6 is 0 Å². The quantitative estimate of drug-likeness (QED) is 0.535. The SMILES string of the molecule is Cc1ccc(CC(CN)N(C)C)c2c1oc(=O)n2COCC[Si](C)(C)C. The largest absolute Gasteiger partial charge is 0.421 e. The van der Waals surface area contributed by atoms with Gasteiger partial charge in [0.25, 0.3) is 0 Å². The molecule has 2 N–H and O–H groups in total. The van der Waals surface area contributed by atoms with Crippen molar-refractivity contribution in [1.82, 2.24) is 9.47 Å². The van der Waals surface area contributed by atoms with Gasteiger partial charge in [-0.15, -0.1) is 0 Å². The van der Waals surface area contributed by atoms with Crippen molar-refractivity contribution in [3.05, 3.63) is 33.8 Å². The van der Waals surface area contributed by atoms with Gasteiger partial charge >= 0.3 is 5.76 Å². The highest BCUT2D eigenvalue weighted by molar-refractivity contribution is 6.76. The number of fused-ring (bicyclic) bond motifs is 1. The summed E-state index contributed by atoms with van der Waals surface area (Å²) in [6.07, 6.45) is 0.758. The number of nitrogens with two attached hydrogens (primary N) is 1. The first kappa shape index (κ1) is 20.9. The van der Waals surface area contributed by atoms with Crippen molar-refractivity contribution < 1.29 is 9.15 Å². The zero-order valence-corrected chi connectivity index (χ0v) is 18.0. The number of oxazole rings is 1. The standard InChI is InChI=1S/C19H33N3O3Si/c1-14-7-8-15(11-16(12-20)21(2)3)17-18(14)25-19(23)22(17)13-24-9-10-26(4,5)6/h7-8,16H,9-13,20H2,1-6H3. The molecule has 1 heterocycles. The van der Waals surface area contributed by atoms with E-state index >= 15 is 0 Å². The maximum absolute atomic E-state index is 12.4. The molecule has 1 aromatic carbocycles. The van der Waals surface area contributed by atoms with Crippen LogP contribution < -0.4 is 11.5 Å². The molecular weight excluding hydrogens is 346 g/mol. The van der Waals surface area contributed by atoms with Gasteiger partial charge in [0.1, 0.15) is 6.73 Å². The Morgan fingerprint density at radius 3 is 2.58 bits per heavy atom. The number of likely N-dealkylation sites (N-methyl/N-ethyl adjacent to an activating group) is 1. The van der Waals surface area contributed by atoms with Crippen molar-refractivity contribution in [3.63, 3.8) is 0 Å². The van der Waals surface area contributed by atoms with Crippen molar-refractivity contribution in [2.24, 2.45) is 5.73 Å². The van der Waals surface area contributed by atoms with Gasteiger partial charge in [-0.1, -0.05) is 31.8 Å². The summed E-state index contributed by atoms with van der Waals surface area (Å²) in [5, 5.41) is 0. The van der Waals surface area contributed by atoms with Crippen LogP contribution in [0, 0.1) is 6.92 Å². The zero-order chi connectivity index (χ0) is 19.5. The summed E-state index contributed by atoms with van der Waals surface area (Å²) >= 11 is 0. The Labute approximate surface area is 156 Å². The van der Waals surface area contributed by atoms with Gasteiger partial charge in [0.15, 0.2) is 5.58 Å². The number of hydrogen-bond donors (Lipinski definition) is 1. The Morgan fingerprint density at radius 2 is 2.00 bits per heavy atom. The molecule has 0 aliphatic rings. The van der Waals surface area contributed by atoms with Crippen molar-refractivity contribution in [2.45, 2.75) is 51.8 Å². The molecule has 0 saturated carbocycles. The van der Waals surface area contributed by atoms with Crippen LogP contribution in [-0.4, -0.2) is 50.8 Å². The third-order valence-electron chi connectivity index (χ3n) is 4.77. The molecule has 7 heteroatoms. The summed E-state index contributed by atoms with van der Waals surface area (Å²) in [6.45, 7) is 10.3. The molecule has 1 aromatic heterocycles. The lowest BCUT2D eigenvalue weighted by Gasteiger charge is -2.23. The van der Waals surface area contributed by atoms with Crippen LogP contribution in [0.2, 0.25) is 25.7 Å². The van der Waals surface area contributed by atoms with Crippen molar-refractivity contribution in [2.75, 3.05) is 27.2 Å². The van der Waals surface area contributed by atoms with E-state index in [1.54, 1.807) is 4.57 Å². The molecule has 1 atom stereocenters. The third-order valence-corrected chi connectivity index (χ3v) is 6.47. The molecule has 2 aromatic rings. The number of hydrogen-bond acceptors (Lipinski definition) is 5. The predicted octanol–water partition coefficient (Wildman–Crippen LogP) is 2.65. The molecule has 0 aliphatic heterocycles. The summed E-state index contributed by atoms with van der Waals surface area (Å²) < 4.78 is 13.0. The fraction of sp³-hybridized carbons (Fsp3) is 0.632. The molecule has 146 valence electrons. The summed E-state index contributed by atoms with van der Waals surface area (Å²) in [7, 11) is 2.88. The Morgan fingerprint density at radius 1 is 1.31 bits per heavy atom. The van der Waals surface area contributed by atoms with Gasteiger partial charge in [0, 0.05) is 27.3 Å². The van der Waals surface area contributed by atoms with E-state index in [-0.39, 0.29) is 18.5 Å². The third kappa shape index (κ3) is 5.06. The Hall–Kier alpha value is -1.41. The molecule has 26 heavy (non-hydrogen) atoms. The van der Waals surface area contributed by atoms with Crippen molar-refractivity contribution in [1.29, 1.82) is 0 Å². The number of benzene rings is 1. The lowest BCUT2D eigenvalue weighted by atomic mass is 10.0. The van der Waals surface area contributed by atoms with E-state index in [9.17, 15) is 4.79 Å². The second-order valence-corrected chi connectivity index (χ2v) is 14.0. The van der Waals surface area contributed by atoms with E-state index in [4.69, 9.17) is 14.9 Å². The summed E-state index contributed by atoms with van der Waals surface area (Å²) in [6, 6.07) is 5.34. The Kier molecular flexibility index (Phi) is 6.84. The van der Waals surface area contributed by atoms with Gasteiger partial charge < -0.3 is 19.8 Å². The monoisotopic (exact) mass is 379 g/mol. The Balaban J connectivity index is 2.33. The molecule has 6 nitrogen and oxygen atoms in total. The molecule has 0 bridgehead atoms. The molecule has 0 spiro atoms. The van der Waals surface area contributed by atoms with E-state index in [1.165, 1.54) is 0 Å². The van der Waals surface area contributed by atoms with Gasteiger partial charge in [0.2, 0.25) is 0 Å². The average molecular weight is 380 g/mol. The van der Waals surface area contributed by atoms with E-state index in [0.29, 0.717) is 18.7 Å². The van der Waals surface area contributed by atoms with E-state index in [0.717, 1.165) is 29.1 Å². The summed E-state index contributed by atoms with van der Waals surface area (Å²) in [4.78, 5) is 14.5. The minimum Gasteiger partial charge on any atom is -0.407 e. The van der Waals surface area contributed by atoms with Crippen molar-refractivity contribution >= 4 is 19.2 Å². The predicted molar refractivity (Wildman–Crippen MR) is 110 cm³/mol.